The SMILES string of the molecule is O=C(O)c1ccc(Sc2ncnc3c2CCCCC3)o1. The van der Waals surface area contributed by atoms with Crippen LogP contribution in [0, 0.1) is 0 Å². The van der Waals surface area contributed by atoms with Crippen molar-refractivity contribution in [3.8, 4) is 0 Å². The summed E-state index contributed by atoms with van der Waals surface area (Å²) in [7, 11) is 0. The first kappa shape index (κ1) is 13.2. The Kier molecular flexibility index (Phi) is 3.73. The number of carbonyl (C=O) groups is 1. The van der Waals surface area contributed by atoms with Crippen LogP contribution in [0.15, 0.2) is 33.0 Å². The van der Waals surface area contributed by atoms with E-state index in [0.29, 0.717) is 5.09 Å². The Bertz CT molecular complexity index is 639. The van der Waals surface area contributed by atoms with Gasteiger partial charge in [0.15, 0.2) is 5.09 Å². The maximum absolute atomic E-state index is 10.8. The third-order valence-electron chi connectivity index (χ3n) is 3.32. The van der Waals surface area contributed by atoms with Crippen LogP contribution in [0.3, 0.4) is 0 Å². The minimum Gasteiger partial charge on any atom is -0.475 e. The van der Waals surface area contributed by atoms with Crippen molar-refractivity contribution in [3.05, 3.63) is 35.5 Å². The number of fused-ring (bicyclic) bond motifs is 1. The van der Waals surface area contributed by atoms with Gasteiger partial charge >= 0.3 is 5.97 Å². The highest BCUT2D eigenvalue weighted by atomic mass is 32.2. The van der Waals surface area contributed by atoms with Crippen molar-refractivity contribution in [2.24, 2.45) is 0 Å². The third-order valence-corrected chi connectivity index (χ3v) is 4.29. The van der Waals surface area contributed by atoms with Gasteiger partial charge in [-0.05, 0) is 49.6 Å². The molecule has 0 saturated carbocycles. The van der Waals surface area contributed by atoms with E-state index in [1.807, 2.05) is 0 Å². The first-order valence-corrected chi connectivity index (χ1v) is 7.39. The largest absolute Gasteiger partial charge is 0.475 e. The topological polar surface area (TPSA) is 76.2 Å². The van der Waals surface area contributed by atoms with Gasteiger partial charge in [-0.25, -0.2) is 14.8 Å². The standard InChI is InChI=1S/C14H14N2O3S/c17-14(18)11-6-7-12(19-11)20-13-9-4-2-1-3-5-10(9)15-8-16-13/h6-8H,1-5H2,(H,17,18). The Morgan fingerprint density at radius 2 is 2.05 bits per heavy atom. The Balaban J connectivity index is 1.88. The molecule has 0 bridgehead atoms. The number of furan rings is 1. The van der Waals surface area contributed by atoms with Crippen molar-refractivity contribution in [1.82, 2.24) is 9.97 Å². The van der Waals surface area contributed by atoms with Crippen LogP contribution in [-0.2, 0) is 12.8 Å². The van der Waals surface area contributed by atoms with Gasteiger partial charge in [-0.1, -0.05) is 6.42 Å². The average molecular weight is 290 g/mol. The van der Waals surface area contributed by atoms with E-state index in [-0.39, 0.29) is 5.76 Å². The second-order valence-corrected chi connectivity index (χ2v) is 5.68. The molecule has 0 aliphatic heterocycles. The summed E-state index contributed by atoms with van der Waals surface area (Å²) in [4.78, 5) is 19.5. The van der Waals surface area contributed by atoms with E-state index in [4.69, 9.17) is 9.52 Å². The number of aryl methyl sites for hydroxylation is 1. The Morgan fingerprint density at radius 1 is 1.20 bits per heavy atom. The molecule has 0 atom stereocenters. The molecule has 2 aromatic heterocycles. The van der Waals surface area contributed by atoms with E-state index in [0.717, 1.165) is 36.4 Å². The highest BCUT2D eigenvalue weighted by Gasteiger charge is 2.17. The third kappa shape index (κ3) is 2.70. The zero-order valence-electron chi connectivity index (χ0n) is 10.8. The summed E-state index contributed by atoms with van der Waals surface area (Å²) in [6, 6.07) is 3.13. The van der Waals surface area contributed by atoms with Crippen molar-refractivity contribution in [2.75, 3.05) is 0 Å². The zero-order valence-corrected chi connectivity index (χ0v) is 11.7. The summed E-state index contributed by atoms with van der Waals surface area (Å²) in [5.74, 6) is -1.11. The first-order chi connectivity index (χ1) is 9.74. The van der Waals surface area contributed by atoms with Crippen LogP contribution < -0.4 is 0 Å². The van der Waals surface area contributed by atoms with Gasteiger partial charge in [0, 0.05) is 11.3 Å². The van der Waals surface area contributed by atoms with Gasteiger partial charge in [0.05, 0.1) is 0 Å². The number of aromatic carboxylic acids is 1. The summed E-state index contributed by atoms with van der Waals surface area (Å²) in [6.07, 6.45) is 7.07. The number of hydrogen-bond acceptors (Lipinski definition) is 5. The molecule has 104 valence electrons. The second-order valence-electron chi connectivity index (χ2n) is 4.69. The molecule has 0 unspecified atom stereocenters. The summed E-state index contributed by atoms with van der Waals surface area (Å²) >= 11 is 1.37. The smallest absolute Gasteiger partial charge is 0.371 e. The minimum atomic E-state index is -1.06. The van der Waals surface area contributed by atoms with Crippen LogP contribution in [0.25, 0.3) is 0 Å². The predicted molar refractivity (Wildman–Crippen MR) is 73.1 cm³/mol. The fraction of sp³-hybridized carbons (Fsp3) is 0.357. The quantitative estimate of drug-likeness (QED) is 0.691. The van der Waals surface area contributed by atoms with Crippen LogP contribution in [0.4, 0.5) is 0 Å². The lowest BCUT2D eigenvalue weighted by molar-refractivity contribution is 0.0656. The van der Waals surface area contributed by atoms with Crippen LogP contribution in [0.2, 0.25) is 0 Å². The molecule has 2 heterocycles. The molecule has 1 N–H and O–H groups in total. The van der Waals surface area contributed by atoms with E-state index < -0.39 is 5.97 Å². The van der Waals surface area contributed by atoms with Crippen molar-refractivity contribution < 1.29 is 14.3 Å². The van der Waals surface area contributed by atoms with E-state index in [2.05, 4.69) is 9.97 Å². The van der Waals surface area contributed by atoms with Gasteiger partial charge in [0.1, 0.15) is 11.4 Å². The van der Waals surface area contributed by atoms with Crippen molar-refractivity contribution in [1.29, 1.82) is 0 Å². The monoisotopic (exact) mass is 290 g/mol. The zero-order chi connectivity index (χ0) is 13.9. The molecule has 0 saturated heterocycles. The lowest BCUT2D eigenvalue weighted by Gasteiger charge is -2.08. The molecule has 1 aliphatic rings. The molecule has 5 nitrogen and oxygen atoms in total. The lowest BCUT2D eigenvalue weighted by Crippen LogP contribution is -1.99. The van der Waals surface area contributed by atoms with Gasteiger partial charge in [0.25, 0.3) is 0 Å². The molecular formula is C14H14N2O3S. The summed E-state index contributed by atoms with van der Waals surface area (Å²) in [5, 5.41) is 10.3. The van der Waals surface area contributed by atoms with E-state index in [1.54, 1.807) is 12.4 Å². The maximum atomic E-state index is 10.8. The van der Waals surface area contributed by atoms with Gasteiger partial charge in [-0.2, -0.15) is 0 Å². The van der Waals surface area contributed by atoms with Gasteiger partial charge in [0.2, 0.25) is 5.76 Å². The Hall–Kier alpha value is -1.82. The lowest BCUT2D eigenvalue weighted by atomic mass is 10.1. The van der Waals surface area contributed by atoms with E-state index in [9.17, 15) is 4.79 Å². The summed E-state index contributed by atoms with van der Waals surface area (Å²) < 4.78 is 5.27. The summed E-state index contributed by atoms with van der Waals surface area (Å²) in [5.41, 5.74) is 2.30. The molecule has 0 fully saturated rings. The van der Waals surface area contributed by atoms with Gasteiger partial charge in [-0.3, -0.25) is 0 Å². The average Bonchev–Trinajstić information content (AvgIpc) is 2.76. The predicted octanol–water partition coefficient (Wildman–Crippen LogP) is 3.19. The van der Waals surface area contributed by atoms with E-state index >= 15 is 0 Å². The highest BCUT2D eigenvalue weighted by molar-refractivity contribution is 7.99. The van der Waals surface area contributed by atoms with Crippen LogP contribution >= 0.6 is 11.8 Å². The van der Waals surface area contributed by atoms with Crippen molar-refractivity contribution in [3.63, 3.8) is 0 Å². The van der Waals surface area contributed by atoms with E-state index in [1.165, 1.54) is 29.8 Å². The fourth-order valence-corrected chi connectivity index (χ4v) is 3.24. The number of carboxylic acid groups (broad SMARTS) is 1. The molecule has 1 aliphatic carbocycles. The van der Waals surface area contributed by atoms with Crippen molar-refractivity contribution >= 4 is 17.7 Å². The van der Waals surface area contributed by atoms with Crippen molar-refractivity contribution in [2.45, 2.75) is 42.2 Å². The molecule has 0 radical (unpaired) electrons. The van der Waals surface area contributed by atoms with Gasteiger partial charge in [-0.15, -0.1) is 0 Å². The fourth-order valence-electron chi connectivity index (χ4n) is 2.34. The Labute approximate surface area is 120 Å². The summed E-state index contributed by atoms with van der Waals surface area (Å²) in [6.45, 7) is 0. The number of rotatable bonds is 3. The number of nitrogens with zero attached hydrogens (tertiary/aromatic N) is 2. The number of aromatic nitrogens is 2. The molecule has 6 heteroatoms. The van der Waals surface area contributed by atoms with Crippen LogP contribution in [0.1, 0.15) is 41.1 Å². The minimum absolute atomic E-state index is 0.0485. The van der Waals surface area contributed by atoms with Gasteiger partial charge < -0.3 is 9.52 Å². The second kappa shape index (κ2) is 5.66. The molecule has 20 heavy (non-hydrogen) atoms. The first-order valence-electron chi connectivity index (χ1n) is 6.58. The Morgan fingerprint density at radius 3 is 2.85 bits per heavy atom. The molecule has 0 aromatic carbocycles. The molecule has 3 rings (SSSR count). The number of hydrogen-bond donors (Lipinski definition) is 1. The normalized spacial score (nSPS) is 14.6. The number of carboxylic acids is 1. The maximum Gasteiger partial charge on any atom is 0.371 e. The molecule has 0 amide bonds. The molecule has 2 aromatic rings. The van der Waals surface area contributed by atoms with Crippen LogP contribution in [-0.4, -0.2) is 21.0 Å². The molecular weight excluding hydrogens is 276 g/mol. The molecule has 0 spiro atoms. The van der Waals surface area contributed by atoms with Crippen LogP contribution in [0.5, 0.6) is 0 Å². The highest BCUT2D eigenvalue weighted by Crippen LogP contribution is 2.33.